The Balaban J connectivity index is 2.45. The third-order valence-electron chi connectivity index (χ3n) is 2.44. The third kappa shape index (κ3) is 3.66. The minimum Gasteiger partial charge on any atom is -0.480 e. The largest absolute Gasteiger partial charge is 0.480 e. The molecule has 5 nitrogen and oxygen atoms in total. The van der Waals surface area contributed by atoms with Crippen LogP contribution in [0.3, 0.4) is 0 Å². The van der Waals surface area contributed by atoms with Crippen molar-refractivity contribution in [2.24, 2.45) is 0 Å². The summed E-state index contributed by atoms with van der Waals surface area (Å²) in [5, 5.41) is 16.1. The molecule has 0 aliphatic heterocycles. The van der Waals surface area contributed by atoms with Crippen LogP contribution in [0, 0.1) is 0 Å². The number of aliphatic carboxylic acids is 1. The Morgan fingerprint density at radius 2 is 2.38 bits per heavy atom. The summed E-state index contributed by atoms with van der Waals surface area (Å²) in [6.07, 6.45) is 5.20. The molecule has 0 bridgehead atoms. The summed E-state index contributed by atoms with van der Waals surface area (Å²) in [6, 6.07) is -0.463. The second kappa shape index (κ2) is 6.27. The minimum atomic E-state index is -0.787. The van der Waals surface area contributed by atoms with Gasteiger partial charge in [-0.25, -0.2) is 0 Å². The number of hydrogen-bond acceptors (Lipinski definition) is 3. The van der Waals surface area contributed by atoms with Gasteiger partial charge >= 0.3 is 5.97 Å². The monoisotopic (exact) mass is 225 g/mol. The van der Waals surface area contributed by atoms with E-state index in [-0.39, 0.29) is 0 Å². The SMILES string of the molecule is CCCC(NCc1cnn(CC)c1)C(=O)O. The topological polar surface area (TPSA) is 67.2 Å². The van der Waals surface area contributed by atoms with Gasteiger partial charge in [-0.1, -0.05) is 13.3 Å². The molecular weight excluding hydrogens is 206 g/mol. The van der Waals surface area contributed by atoms with Crippen molar-refractivity contribution in [1.82, 2.24) is 15.1 Å². The molecule has 1 atom stereocenters. The Kier molecular flexibility index (Phi) is 4.98. The van der Waals surface area contributed by atoms with Gasteiger partial charge in [-0.3, -0.25) is 9.48 Å². The maximum atomic E-state index is 10.9. The Bertz CT molecular complexity index is 336. The number of aryl methyl sites for hydroxylation is 1. The van der Waals surface area contributed by atoms with Crippen molar-refractivity contribution in [1.29, 1.82) is 0 Å². The molecule has 1 rings (SSSR count). The molecule has 16 heavy (non-hydrogen) atoms. The van der Waals surface area contributed by atoms with Gasteiger partial charge in [0.2, 0.25) is 0 Å². The van der Waals surface area contributed by atoms with Crippen LogP contribution in [0.15, 0.2) is 12.4 Å². The molecule has 0 aliphatic carbocycles. The summed E-state index contributed by atoms with van der Waals surface area (Å²) in [5.41, 5.74) is 1.02. The fraction of sp³-hybridized carbons (Fsp3) is 0.636. The summed E-state index contributed by atoms with van der Waals surface area (Å²) >= 11 is 0. The normalized spacial score (nSPS) is 12.6. The van der Waals surface area contributed by atoms with Crippen molar-refractivity contribution in [2.45, 2.75) is 45.8 Å². The standard InChI is InChI=1S/C11H19N3O2/c1-3-5-10(11(15)16)12-6-9-7-13-14(4-2)8-9/h7-8,10,12H,3-6H2,1-2H3,(H,15,16). The quantitative estimate of drug-likeness (QED) is 0.732. The zero-order chi connectivity index (χ0) is 12.0. The number of hydrogen-bond donors (Lipinski definition) is 2. The van der Waals surface area contributed by atoms with Gasteiger partial charge in [0.15, 0.2) is 0 Å². The number of nitrogens with one attached hydrogen (secondary N) is 1. The number of nitrogens with zero attached hydrogens (tertiary/aromatic N) is 2. The molecule has 2 N–H and O–H groups in total. The highest BCUT2D eigenvalue weighted by atomic mass is 16.4. The molecule has 0 fully saturated rings. The second-order valence-electron chi connectivity index (χ2n) is 3.76. The van der Waals surface area contributed by atoms with E-state index in [2.05, 4.69) is 10.4 Å². The van der Waals surface area contributed by atoms with Gasteiger partial charge in [0, 0.05) is 24.8 Å². The van der Waals surface area contributed by atoms with E-state index in [0.29, 0.717) is 13.0 Å². The maximum Gasteiger partial charge on any atom is 0.320 e. The van der Waals surface area contributed by atoms with Gasteiger partial charge in [0.05, 0.1) is 6.20 Å². The number of rotatable bonds is 7. The maximum absolute atomic E-state index is 10.9. The first-order valence-electron chi connectivity index (χ1n) is 5.64. The molecule has 0 spiro atoms. The predicted octanol–water partition coefficient (Wildman–Crippen LogP) is 1.25. The van der Waals surface area contributed by atoms with Crippen LogP contribution >= 0.6 is 0 Å². The van der Waals surface area contributed by atoms with Gasteiger partial charge in [0.25, 0.3) is 0 Å². The van der Waals surface area contributed by atoms with Crippen molar-refractivity contribution in [2.75, 3.05) is 0 Å². The molecule has 1 aromatic heterocycles. The fourth-order valence-corrected chi connectivity index (χ4v) is 1.51. The predicted molar refractivity (Wildman–Crippen MR) is 61.1 cm³/mol. The third-order valence-corrected chi connectivity index (χ3v) is 2.44. The Hall–Kier alpha value is -1.36. The molecule has 0 aromatic carbocycles. The van der Waals surface area contributed by atoms with Crippen LogP contribution in [0.4, 0.5) is 0 Å². The van der Waals surface area contributed by atoms with E-state index in [1.807, 2.05) is 24.7 Å². The Morgan fingerprint density at radius 1 is 1.62 bits per heavy atom. The van der Waals surface area contributed by atoms with Crippen molar-refractivity contribution >= 4 is 5.97 Å². The number of carbonyl (C=O) groups is 1. The average molecular weight is 225 g/mol. The van der Waals surface area contributed by atoms with Crippen molar-refractivity contribution in [3.63, 3.8) is 0 Å². The average Bonchev–Trinajstić information content (AvgIpc) is 2.71. The highest BCUT2D eigenvalue weighted by Crippen LogP contribution is 2.01. The van der Waals surface area contributed by atoms with E-state index in [4.69, 9.17) is 5.11 Å². The van der Waals surface area contributed by atoms with E-state index >= 15 is 0 Å². The number of aromatic nitrogens is 2. The first-order valence-corrected chi connectivity index (χ1v) is 5.64. The lowest BCUT2D eigenvalue weighted by molar-refractivity contribution is -0.139. The second-order valence-corrected chi connectivity index (χ2v) is 3.76. The van der Waals surface area contributed by atoms with Crippen LogP contribution in [0.1, 0.15) is 32.3 Å². The highest BCUT2D eigenvalue weighted by molar-refractivity contribution is 5.73. The molecule has 1 aromatic rings. The van der Waals surface area contributed by atoms with Crippen LogP contribution in [0.5, 0.6) is 0 Å². The van der Waals surface area contributed by atoms with Crippen molar-refractivity contribution < 1.29 is 9.90 Å². The highest BCUT2D eigenvalue weighted by Gasteiger charge is 2.15. The Labute approximate surface area is 95.5 Å². The Morgan fingerprint density at radius 3 is 2.88 bits per heavy atom. The molecule has 0 aliphatic rings. The summed E-state index contributed by atoms with van der Waals surface area (Å²) in [5.74, 6) is -0.787. The molecular formula is C11H19N3O2. The molecule has 1 heterocycles. The van der Waals surface area contributed by atoms with Gasteiger partial charge in [-0.2, -0.15) is 5.10 Å². The van der Waals surface area contributed by atoms with Crippen molar-refractivity contribution in [3.05, 3.63) is 18.0 Å². The van der Waals surface area contributed by atoms with E-state index < -0.39 is 12.0 Å². The summed E-state index contributed by atoms with van der Waals surface area (Å²) < 4.78 is 1.83. The molecule has 5 heteroatoms. The minimum absolute atomic E-state index is 0.463. The van der Waals surface area contributed by atoms with Crippen LogP contribution in [0.2, 0.25) is 0 Å². The summed E-state index contributed by atoms with van der Waals surface area (Å²) in [7, 11) is 0. The van der Waals surface area contributed by atoms with Crippen LogP contribution in [0.25, 0.3) is 0 Å². The zero-order valence-electron chi connectivity index (χ0n) is 9.81. The van der Waals surface area contributed by atoms with E-state index in [0.717, 1.165) is 18.5 Å². The molecule has 1 unspecified atom stereocenters. The van der Waals surface area contributed by atoms with E-state index in [9.17, 15) is 4.79 Å². The zero-order valence-corrected chi connectivity index (χ0v) is 9.81. The molecule has 0 saturated carbocycles. The van der Waals surface area contributed by atoms with Gasteiger partial charge in [-0.05, 0) is 13.3 Å². The summed E-state index contributed by atoms with van der Waals surface area (Å²) in [4.78, 5) is 10.9. The summed E-state index contributed by atoms with van der Waals surface area (Å²) in [6.45, 7) is 5.38. The number of carboxylic acid groups (broad SMARTS) is 1. The van der Waals surface area contributed by atoms with Crippen LogP contribution in [-0.2, 0) is 17.9 Å². The van der Waals surface area contributed by atoms with Gasteiger partial charge in [-0.15, -0.1) is 0 Å². The van der Waals surface area contributed by atoms with Crippen LogP contribution in [-0.4, -0.2) is 26.9 Å². The first kappa shape index (κ1) is 12.7. The smallest absolute Gasteiger partial charge is 0.320 e. The lowest BCUT2D eigenvalue weighted by atomic mass is 10.1. The number of carboxylic acids is 1. The molecule has 0 saturated heterocycles. The van der Waals surface area contributed by atoms with Gasteiger partial charge in [0.1, 0.15) is 6.04 Å². The fourth-order valence-electron chi connectivity index (χ4n) is 1.51. The molecule has 90 valence electrons. The van der Waals surface area contributed by atoms with E-state index in [1.54, 1.807) is 6.20 Å². The first-order chi connectivity index (χ1) is 7.67. The van der Waals surface area contributed by atoms with E-state index in [1.165, 1.54) is 0 Å². The lowest BCUT2D eigenvalue weighted by Crippen LogP contribution is -2.35. The molecule has 0 amide bonds. The van der Waals surface area contributed by atoms with Gasteiger partial charge < -0.3 is 10.4 Å². The molecule has 0 radical (unpaired) electrons. The van der Waals surface area contributed by atoms with Crippen LogP contribution < -0.4 is 5.32 Å². The lowest BCUT2D eigenvalue weighted by Gasteiger charge is -2.12. The van der Waals surface area contributed by atoms with Crippen molar-refractivity contribution in [3.8, 4) is 0 Å².